The van der Waals surface area contributed by atoms with Gasteiger partial charge in [0.2, 0.25) is 5.95 Å². The minimum absolute atomic E-state index is 0.120. The second-order valence-corrected chi connectivity index (χ2v) is 4.66. The summed E-state index contributed by atoms with van der Waals surface area (Å²) in [4.78, 5) is 4.35. The van der Waals surface area contributed by atoms with Crippen LogP contribution in [0.25, 0.3) is 0 Å². The van der Waals surface area contributed by atoms with Crippen molar-refractivity contribution < 1.29 is 0 Å². The lowest BCUT2D eigenvalue weighted by molar-refractivity contribution is 0.531. The zero-order valence-electron chi connectivity index (χ0n) is 10.4. The van der Waals surface area contributed by atoms with Crippen LogP contribution in [-0.4, -0.2) is 15.1 Å². The van der Waals surface area contributed by atoms with Crippen LogP contribution in [0.5, 0.6) is 0 Å². The molecule has 0 fully saturated rings. The van der Waals surface area contributed by atoms with Crippen LogP contribution in [0, 0.1) is 0 Å². The smallest absolute Gasteiger partial charge is 0.203 e. The maximum atomic E-state index is 4.35. The van der Waals surface area contributed by atoms with Gasteiger partial charge in [-0.25, -0.2) is 4.98 Å². The Bertz CT molecular complexity index is 289. The van der Waals surface area contributed by atoms with Crippen molar-refractivity contribution in [1.82, 2.24) is 9.55 Å². The molecule has 0 aromatic carbocycles. The van der Waals surface area contributed by atoms with E-state index in [0.717, 1.165) is 18.9 Å². The lowest BCUT2D eigenvalue weighted by Gasteiger charge is -2.25. The number of nitrogens with zero attached hydrogens (tertiary/aromatic N) is 2. The fraction of sp³-hybridized carbons (Fsp3) is 0.750. The van der Waals surface area contributed by atoms with E-state index in [0.29, 0.717) is 0 Å². The van der Waals surface area contributed by atoms with Crippen LogP contribution in [0.2, 0.25) is 0 Å². The molecule has 15 heavy (non-hydrogen) atoms. The van der Waals surface area contributed by atoms with E-state index in [1.165, 1.54) is 12.8 Å². The third-order valence-electron chi connectivity index (χ3n) is 2.80. The summed E-state index contributed by atoms with van der Waals surface area (Å²) >= 11 is 0. The van der Waals surface area contributed by atoms with Gasteiger partial charge in [0, 0.05) is 24.5 Å². The molecule has 3 heteroatoms. The molecule has 0 atom stereocenters. The van der Waals surface area contributed by atoms with E-state index >= 15 is 0 Å². The predicted molar refractivity (Wildman–Crippen MR) is 65.1 cm³/mol. The molecule has 0 spiro atoms. The molecule has 0 aliphatic rings. The third-order valence-corrected chi connectivity index (χ3v) is 2.80. The molecular weight excluding hydrogens is 186 g/mol. The number of imidazole rings is 1. The SMILES string of the molecule is CCCCn1ccnc1NC(C)(C)CC. The zero-order chi connectivity index (χ0) is 11.3. The van der Waals surface area contributed by atoms with Crippen molar-refractivity contribution in [2.45, 2.75) is 59.0 Å². The number of aromatic nitrogens is 2. The van der Waals surface area contributed by atoms with Crippen LogP contribution in [0.3, 0.4) is 0 Å². The normalized spacial score (nSPS) is 11.7. The van der Waals surface area contributed by atoms with E-state index in [-0.39, 0.29) is 5.54 Å². The first-order valence-electron chi connectivity index (χ1n) is 5.88. The molecule has 1 heterocycles. The molecular formula is C12H23N3. The molecule has 86 valence electrons. The molecule has 0 aliphatic heterocycles. The second-order valence-electron chi connectivity index (χ2n) is 4.66. The summed E-state index contributed by atoms with van der Waals surface area (Å²) in [5, 5.41) is 3.48. The Morgan fingerprint density at radius 1 is 1.40 bits per heavy atom. The van der Waals surface area contributed by atoms with Gasteiger partial charge in [-0.1, -0.05) is 20.3 Å². The van der Waals surface area contributed by atoms with Gasteiger partial charge < -0.3 is 9.88 Å². The standard InChI is InChI=1S/C12H23N3/c1-5-7-9-15-10-8-13-11(15)14-12(3,4)6-2/h8,10H,5-7,9H2,1-4H3,(H,13,14). The number of hydrogen-bond donors (Lipinski definition) is 1. The maximum absolute atomic E-state index is 4.35. The third kappa shape index (κ3) is 3.57. The minimum atomic E-state index is 0.120. The Labute approximate surface area is 92.9 Å². The summed E-state index contributed by atoms with van der Waals surface area (Å²) < 4.78 is 2.20. The first-order chi connectivity index (χ1) is 7.09. The van der Waals surface area contributed by atoms with Gasteiger partial charge in [-0.15, -0.1) is 0 Å². The molecule has 1 aromatic rings. The van der Waals surface area contributed by atoms with Gasteiger partial charge in [0.15, 0.2) is 0 Å². The quantitative estimate of drug-likeness (QED) is 0.779. The molecule has 0 saturated carbocycles. The van der Waals surface area contributed by atoms with Crippen molar-refractivity contribution in [3.05, 3.63) is 12.4 Å². The number of anilines is 1. The average molecular weight is 209 g/mol. The van der Waals surface area contributed by atoms with Crippen LogP contribution in [0.15, 0.2) is 12.4 Å². The van der Waals surface area contributed by atoms with Crippen LogP contribution in [0.1, 0.15) is 47.0 Å². The van der Waals surface area contributed by atoms with Crippen molar-refractivity contribution in [2.24, 2.45) is 0 Å². The number of aryl methyl sites for hydroxylation is 1. The molecule has 1 N–H and O–H groups in total. The lowest BCUT2D eigenvalue weighted by Crippen LogP contribution is -2.31. The van der Waals surface area contributed by atoms with Crippen LogP contribution < -0.4 is 5.32 Å². The Kier molecular flexibility index (Phi) is 4.18. The van der Waals surface area contributed by atoms with Gasteiger partial charge in [0.25, 0.3) is 0 Å². The topological polar surface area (TPSA) is 29.9 Å². The highest BCUT2D eigenvalue weighted by Gasteiger charge is 2.16. The number of hydrogen-bond acceptors (Lipinski definition) is 2. The zero-order valence-corrected chi connectivity index (χ0v) is 10.4. The summed E-state index contributed by atoms with van der Waals surface area (Å²) in [6.07, 6.45) is 7.42. The second kappa shape index (κ2) is 5.19. The van der Waals surface area contributed by atoms with Crippen LogP contribution in [-0.2, 0) is 6.54 Å². The Hall–Kier alpha value is -0.990. The van der Waals surface area contributed by atoms with Gasteiger partial charge in [0.1, 0.15) is 0 Å². The molecule has 0 aliphatic carbocycles. The van der Waals surface area contributed by atoms with Gasteiger partial charge in [-0.05, 0) is 26.7 Å². The van der Waals surface area contributed by atoms with E-state index in [9.17, 15) is 0 Å². The van der Waals surface area contributed by atoms with Crippen molar-refractivity contribution in [3.63, 3.8) is 0 Å². The molecule has 0 bridgehead atoms. The fourth-order valence-electron chi connectivity index (χ4n) is 1.33. The maximum Gasteiger partial charge on any atom is 0.203 e. The molecule has 0 amide bonds. The molecule has 1 rings (SSSR count). The van der Waals surface area contributed by atoms with Gasteiger partial charge >= 0.3 is 0 Å². The summed E-state index contributed by atoms with van der Waals surface area (Å²) in [6, 6.07) is 0. The Balaban J connectivity index is 2.64. The van der Waals surface area contributed by atoms with Crippen molar-refractivity contribution in [3.8, 4) is 0 Å². The number of nitrogens with one attached hydrogen (secondary N) is 1. The largest absolute Gasteiger partial charge is 0.351 e. The van der Waals surface area contributed by atoms with E-state index in [1.54, 1.807) is 0 Å². The monoisotopic (exact) mass is 209 g/mol. The Morgan fingerprint density at radius 2 is 2.13 bits per heavy atom. The van der Waals surface area contributed by atoms with E-state index < -0.39 is 0 Å². The molecule has 0 unspecified atom stereocenters. The lowest BCUT2D eigenvalue weighted by atomic mass is 10.0. The molecule has 3 nitrogen and oxygen atoms in total. The molecule has 0 radical (unpaired) electrons. The van der Waals surface area contributed by atoms with Crippen molar-refractivity contribution >= 4 is 5.95 Å². The van der Waals surface area contributed by atoms with Crippen LogP contribution in [0.4, 0.5) is 5.95 Å². The summed E-state index contributed by atoms with van der Waals surface area (Å²) in [6.45, 7) is 9.85. The first-order valence-corrected chi connectivity index (χ1v) is 5.88. The highest BCUT2D eigenvalue weighted by molar-refractivity contribution is 5.29. The highest BCUT2D eigenvalue weighted by Crippen LogP contribution is 2.16. The number of unbranched alkanes of at least 4 members (excludes halogenated alkanes) is 1. The van der Waals surface area contributed by atoms with Gasteiger partial charge in [-0.3, -0.25) is 0 Å². The van der Waals surface area contributed by atoms with E-state index in [2.05, 4.69) is 42.6 Å². The molecule has 0 saturated heterocycles. The van der Waals surface area contributed by atoms with Crippen molar-refractivity contribution in [1.29, 1.82) is 0 Å². The van der Waals surface area contributed by atoms with E-state index in [1.807, 2.05) is 12.4 Å². The summed E-state index contributed by atoms with van der Waals surface area (Å²) in [5.41, 5.74) is 0.120. The summed E-state index contributed by atoms with van der Waals surface area (Å²) in [5.74, 6) is 0.996. The minimum Gasteiger partial charge on any atom is -0.351 e. The first kappa shape index (κ1) is 12.1. The Morgan fingerprint density at radius 3 is 2.73 bits per heavy atom. The summed E-state index contributed by atoms with van der Waals surface area (Å²) in [7, 11) is 0. The van der Waals surface area contributed by atoms with Gasteiger partial charge in [-0.2, -0.15) is 0 Å². The average Bonchev–Trinajstić information content (AvgIpc) is 2.62. The van der Waals surface area contributed by atoms with Crippen molar-refractivity contribution in [2.75, 3.05) is 5.32 Å². The fourth-order valence-corrected chi connectivity index (χ4v) is 1.33. The van der Waals surface area contributed by atoms with Crippen LogP contribution >= 0.6 is 0 Å². The number of rotatable bonds is 6. The van der Waals surface area contributed by atoms with Gasteiger partial charge in [0.05, 0.1) is 0 Å². The highest BCUT2D eigenvalue weighted by atomic mass is 15.2. The predicted octanol–water partition coefficient (Wildman–Crippen LogP) is 3.28. The van der Waals surface area contributed by atoms with E-state index in [4.69, 9.17) is 0 Å². The molecule has 1 aromatic heterocycles.